The first-order chi connectivity index (χ1) is 13.7. The standard InChI is InChI=1S/C24H32N2O2/c1-3-18-25-24(28)22(4-2)26(19-17-21-13-9-6-10-14-21)23(27)16-15-20-11-7-5-8-12-20/h5-14,22H,3-4,15-19H2,1-2H3,(H,25,28)/t22-/m1/s1. The van der Waals surface area contributed by atoms with Crippen molar-refractivity contribution in [3.8, 4) is 0 Å². The van der Waals surface area contributed by atoms with E-state index in [2.05, 4.69) is 17.4 Å². The molecule has 1 N–H and O–H groups in total. The maximum absolute atomic E-state index is 13.1. The molecule has 2 aromatic rings. The highest BCUT2D eigenvalue weighted by Gasteiger charge is 2.27. The number of nitrogens with zero attached hydrogens (tertiary/aromatic N) is 1. The van der Waals surface area contributed by atoms with E-state index in [1.54, 1.807) is 4.90 Å². The summed E-state index contributed by atoms with van der Waals surface area (Å²) in [7, 11) is 0. The molecule has 0 spiro atoms. The Bertz CT molecular complexity index is 716. The molecule has 0 saturated heterocycles. The summed E-state index contributed by atoms with van der Waals surface area (Å²) in [6.45, 7) is 5.19. The zero-order valence-corrected chi connectivity index (χ0v) is 17.1. The van der Waals surface area contributed by atoms with Gasteiger partial charge in [0.05, 0.1) is 0 Å². The predicted octanol–water partition coefficient (Wildman–Crippen LogP) is 4.00. The summed E-state index contributed by atoms with van der Waals surface area (Å²) in [5, 5.41) is 2.96. The van der Waals surface area contributed by atoms with Gasteiger partial charge in [0.2, 0.25) is 11.8 Å². The molecule has 4 heteroatoms. The van der Waals surface area contributed by atoms with Crippen LogP contribution in [-0.2, 0) is 22.4 Å². The summed E-state index contributed by atoms with van der Waals surface area (Å²) in [6, 6.07) is 19.7. The number of carbonyl (C=O) groups is 2. The van der Waals surface area contributed by atoms with Gasteiger partial charge in [-0.25, -0.2) is 0 Å². The van der Waals surface area contributed by atoms with E-state index in [1.807, 2.05) is 62.4 Å². The van der Waals surface area contributed by atoms with Gasteiger partial charge in [0, 0.05) is 19.5 Å². The Morgan fingerprint density at radius 1 is 0.893 bits per heavy atom. The fourth-order valence-corrected chi connectivity index (χ4v) is 3.30. The number of nitrogens with one attached hydrogen (secondary N) is 1. The third-order valence-electron chi connectivity index (χ3n) is 4.89. The van der Waals surface area contributed by atoms with Crippen LogP contribution < -0.4 is 5.32 Å². The van der Waals surface area contributed by atoms with Crippen LogP contribution in [0.5, 0.6) is 0 Å². The fourth-order valence-electron chi connectivity index (χ4n) is 3.30. The van der Waals surface area contributed by atoms with Crippen molar-refractivity contribution in [3.05, 3.63) is 71.8 Å². The van der Waals surface area contributed by atoms with Crippen LogP contribution >= 0.6 is 0 Å². The molecule has 0 unspecified atom stereocenters. The van der Waals surface area contributed by atoms with Gasteiger partial charge in [-0.1, -0.05) is 74.5 Å². The Morgan fingerprint density at radius 2 is 1.46 bits per heavy atom. The van der Waals surface area contributed by atoms with Crippen LogP contribution in [-0.4, -0.2) is 35.8 Å². The van der Waals surface area contributed by atoms with E-state index >= 15 is 0 Å². The number of carbonyl (C=O) groups excluding carboxylic acids is 2. The monoisotopic (exact) mass is 380 g/mol. The van der Waals surface area contributed by atoms with Gasteiger partial charge in [0.15, 0.2) is 0 Å². The lowest BCUT2D eigenvalue weighted by atomic mass is 10.1. The van der Waals surface area contributed by atoms with Gasteiger partial charge >= 0.3 is 0 Å². The molecule has 0 aromatic heterocycles. The van der Waals surface area contributed by atoms with Crippen LogP contribution in [0.4, 0.5) is 0 Å². The summed E-state index contributed by atoms with van der Waals surface area (Å²) in [4.78, 5) is 27.5. The normalized spacial score (nSPS) is 11.6. The van der Waals surface area contributed by atoms with Crippen LogP contribution in [0, 0.1) is 0 Å². The minimum Gasteiger partial charge on any atom is -0.354 e. The van der Waals surface area contributed by atoms with Crippen molar-refractivity contribution in [1.82, 2.24) is 10.2 Å². The van der Waals surface area contributed by atoms with Crippen molar-refractivity contribution in [2.75, 3.05) is 13.1 Å². The van der Waals surface area contributed by atoms with Gasteiger partial charge in [0.1, 0.15) is 6.04 Å². The Hall–Kier alpha value is -2.62. The van der Waals surface area contributed by atoms with Gasteiger partial charge in [0.25, 0.3) is 0 Å². The van der Waals surface area contributed by atoms with Crippen LogP contribution in [0.1, 0.15) is 44.2 Å². The van der Waals surface area contributed by atoms with Crippen LogP contribution in [0.2, 0.25) is 0 Å². The number of hydrogen-bond acceptors (Lipinski definition) is 2. The molecule has 2 aromatic carbocycles. The highest BCUT2D eigenvalue weighted by molar-refractivity contribution is 5.87. The quantitative estimate of drug-likeness (QED) is 0.641. The highest BCUT2D eigenvalue weighted by atomic mass is 16.2. The predicted molar refractivity (Wildman–Crippen MR) is 114 cm³/mol. The number of amides is 2. The topological polar surface area (TPSA) is 49.4 Å². The smallest absolute Gasteiger partial charge is 0.242 e. The van der Waals surface area contributed by atoms with Crippen LogP contribution in [0.25, 0.3) is 0 Å². The van der Waals surface area contributed by atoms with Gasteiger partial charge < -0.3 is 10.2 Å². The van der Waals surface area contributed by atoms with Crippen molar-refractivity contribution in [2.45, 2.75) is 52.0 Å². The van der Waals surface area contributed by atoms with E-state index in [0.29, 0.717) is 32.4 Å². The SMILES string of the molecule is CCCNC(=O)[C@@H](CC)N(CCc1ccccc1)C(=O)CCc1ccccc1. The maximum atomic E-state index is 13.1. The fraction of sp³-hybridized carbons (Fsp3) is 0.417. The number of hydrogen-bond donors (Lipinski definition) is 1. The number of rotatable bonds is 11. The molecule has 1 atom stereocenters. The lowest BCUT2D eigenvalue weighted by Crippen LogP contribution is -2.50. The summed E-state index contributed by atoms with van der Waals surface area (Å²) in [6.07, 6.45) is 3.34. The summed E-state index contributed by atoms with van der Waals surface area (Å²) in [5.41, 5.74) is 2.31. The molecule has 0 fully saturated rings. The molecular formula is C24H32N2O2. The second kappa shape index (κ2) is 12.0. The summed E-state index contributed by atoms with van der Waals surface area (Å²) in [5.74, 6) is -0.0104. The molecule has 28 heavy (non-hydrogen) atoms. The molecule has 2 amide bonds. The first kappa shape index (κ1) is 21.7. The van der Waals surface area contributed by atoms with E-state index in [1.165, 1.54) is 5.56 Å². The minimum absolute atomic E-state index is 0.0401. The molecule has 0 saturated carbocycles. The summed E-state index contributed by atoms with van der Waals surface area (Å²) >= 11 is 0. The molecule has 0 radical (unpaired) electrons. The maximum Gasteiger partial charge on any atom is 0.242 e. The molecule has 150 valence electrons. The van der Waals surface area contributed by atoms with E-state index < -0.39 is 6.04 Å². The van der Waals surface area contributed by atoms with E-state index in [9.17, 15) is 9.59 Å². The van der Waals surface area contributed by atoms with E-state index in [0.717, 1.165) is 18.4 Å². The Balaban J connectivity index is 2.08. The van der Waals surface area contributed by atoms with Gasteiger partial charge in [-0.2, -0.15) is 0 Å². The molecule has 0 aliphatic carbocycles. The third-order valence-corrected chi connectivity index (χ3v) is 4.89. The first-order valence-electron chi connectivity index (χ1n) is 10.3. The zero-order chi connectivity index (χ0) is 20.2. The molecule has 0 aliphatic rings. The third kappa shape index (κ3) is 6.84. The van der Waals surface area contributed by atoms with Crippen LogP contribution in [0.3, 0.4) is 0 Å². The molecule has 0 aliphatic heterocycles. The average molecular weight is 381 g/mol. The van der Waals surface area contributed by atoms with Gasteiger partial charge in [-0.05, 0) is 36.8 Å². The molecule has 2 rings (SSSR count). The molecular weight excluding hydrogens is 348 g/mol. The second-order valence-electron chi connectivity index (χ2n) is 7.02. The van der Waals surface area contributed by atoms with Gasteiger partial charge in [-0.15, -0.1) is 0 Å². The number of benzene rings is 2. The van der Waals surface area contributed by atoms with Crippen molar-refractivity contribution in [1.29, 1.82) is 0 Å². The first-order valence-corrected chi connectivity index (χ1v) is 10.3. The minimum atomic E-state index is -0.418. The van der Waals surface area contributed by atoms with Crippen molar-refractivity contribution >= 4 is 11.8 Å². The van der Waals surface area contributed by atoms with Crippen molar-refractivity contribution < 1.29 is 9.59 Å². The van der Waals surface area contributed by atoms with Crippen LogP contribution in [0.15, 0.2) is 60.7 Å². The Morgan fingerprint density at radius 3 is 2.00 bits per heavy atom. The molecule has 0 heterocycles. The molecule has 4 nitrogen and oxygen atoms in total. The Kier molecular flexibility index (Phi) is 9.26. The van der Waals surface area contributed by atoms with Gasteiger partial charge in [-0.3, -0.25) is 9.59 Å². The molecule has 0 bridgehead atoms. The zero-order valence-electron chi connectivity index (χ0n) is 17.1. The lowest BCUT2D eigenvalue weighted by Gasteiger charge is -2.30. The highest BCUT2D eigenvalue weighted by Crippen LogP contribution is 2.12. The Labute approximate surface area is 169 Å². The second-order valence-corrected chi connectivity index (χ2v) is 7.02. The van der Waals surface area contributed by atoms with Crippen molar-refractivity contribution in [3.63, 3.8) is 0 Å². The lowest BCUT2D eigenvalue weighted by molar-refractivity contribution is -0.140. The van der Waals surface area contributed by atoms with Crippen molar-refractivity contribution in [2.24, 2.45) is 0 Å². The van der Waals surface area contributed by atoms with E-state index in [-0.39, 0.29) is 11.8 Å². The number of aryl methyl sites for hydroxylation is 1. The average Bonchev–Trinajstić information content (AvgIpc) is 2.74. The largest absolute Gasteiger partial charge is 0.354 e. The summed E-state index contributed by atoms with van der Waals surface area (Å²) < 4.78 is 0. The van der Waals surface area contributed by atoms with E-state index in [4.69, 9.17) is 0 Å².